The SMILES string of the molecule is C[C@@H](C(=O)N1CCN(C2CCOCC2)CC1)c1ccc(Cl)s1. The van der Waals surface area contributed by atoms with Crippen LogP contribution in [0.25, 0.3) is 0 Å². The number of nitrogens with zero attached hydrogens (tertiary/aromatic N) is 2. The van der Waals surface area contributed by atoms with Gasteiger partial charge in [0.25, 0.3) is 0 Å². The van der Waals surface area contributed by atoms with Crippen LogP contribution >= 0.6 is 22.9 Å². The highest BCUT2D eigenvalue weighted by atomic mass is 35.5. The Kier molecular flexibility index (Phi) is 5.39. The van der Waals surface area contributed by atoms with Crippen LogP contribution in [0, 0.1) is 0 Å². The van der Waals surface area contributed by atoms with E-state index in [0.29, 0.717) is 6.04 Å². The molecule has 2 aliphatic heterocycles. The predicted octanol–water partition coefficient (Wildman–Crippen LogP) is 2.83. The van der Waals surface area contributed by atoms with Gasteiger partial charge in [0.1, 0.15) is 0 Å². The molecule has 1 atom stereocenters. The summed E-state index contributed by atoms with van der Waals surface area (Å²) in [5.41, 5.74) is 0. The van der Waals surface area contributed by atoms with Crippen LogP contribution in [0.3, 0.4) is 0 Å². The molecule has 3 heterocycles. The van der Waals surface area contributed by atoms with Crippen molar-refractivity contribution in [3.63, 3.8) is 0 Å². The maximum Gasteiger partial charge on any atom is 0.230 e. The number of halogens is 1. The summed E-state index contributed by atoms with van der Waals surface area (Å²) in [5.74, 6) is 0.136. The Labute approximate surface area is 141 Å². The first-order valence-corrected chi connectivity index (χ1v) is 9.20. The van der Waals surface area contributed by atoms with Crippen molar-refractivity contribution >= 4 is 28.8 Å². The van der Waals surface area contributed by atoms with Gasteiger partial charge < -0.3 is 9.64 Å². The summed E-state index contributed by atoms with van der Waals surface area (Å²) in [7, 11) is 0. The highest BCUT2D eigenvalue weighted by molar-refractivity contribution is 7.16. The van der Waals surface area contributed by atoms with Gasteiger partial charge in [-0.15, -0.1) is 11.3 Å². The Morgan fingerprint density at radius 3 is 2.55 bits per heavy atom. The minimum Gasteiger partial charge on any atom is -0.381 e. The first-order valence-electron chi connectivity index (χ1n) is 8.01. The Balaban J connectivity index is 1.53. The van der Waals surface area contributed by atoms with Gasteiger partial charge in [-0.1, -0.05) is 11.6 Å². The fourth-order valence-corrected chi connectivity index (χ4v) is 4.42. The lowest BCUT2D eigenvalue weighted by molar-refractivity contribution is -0.134. The molecule has 3 rings (SSSR count). The number of piperazine rings is 1. The normalized spacial score (nSPS) is 22.7. The van der Waals surface area contributed by atoms with Crippen LogP contribution in [0.1, 0.15) is 30.6 Å². The fraction of sp³-hybridized carbons (Fsp3) is 0.688. The van der Waals surface area contributed by atoms with Gasteiger partial charge in [-0.25, -0.2) is 0 Å². The van der Waals surface area contributed by atoms with Crippen LogP contribution in [-0.2, 0) is 9.53 Å². The third-order valence-electron chi connectivity index (χ3n) is 4.72. The molecule has 0 N–H and O–H groups in total. The lowest BCUT2D eigenvalue weighted by atomic mass is 10.0. The minimum atomic E-state index is -0.0906. The zero-order valence-corrected chi connectivity index (χ0v) is 14.5. The summed E-state index contributed by atoms with van der Waals surface area (Å²) < 4.78 is 6.18. The molecule has 2 aliphatic rings. The van der Waals surface area contributed by atoms with Crippen molar-refractivity contribution in [1.82, 2.24) is 9.80 Å². The Morgan fingerprint density at radius 2 is 1.95 bits per heavy atom. The number of carbonyl (C=O) groups excluding carboxylic acids is 1. The average Bonchev–Trinajstić information content (AvgIpc) is 3.01. The van der Waals surface area contributed by atoms with Crippen molar-refractivity contribution in [2.75, 3.05) is 39.4 Å². The van der Waals surface area contributed by atoms with Crippen molar-refractivity contribution in [2.45, 2.75) is 31.7 Å². The number of rotatable bonds is 3. The van der Waals surface area contributed by atoms with E-state index in [1.165, 1.54) is 11.3 Å². The van der Waals surface area contributed by atoms with Crippen LogP contribution in [0.5, 0.6) is 0 Å². The topological polar surface area (TPSA) is 32.8 Å². The van der Waals surface area contributed by atoms with Crippen LogP contribution in [-0.4, -0.2) is 61.1 Å². The van der Waals surface area contributed by atoms with E-state index >= 15 is 0 Å². The Hall–Kier alpha value is -0.620. The van der Waals surface area contributed by atoms with Crippen molar-refractivity contribution in [2.24, 2.45) is 0 Å². The third kappa shape index (κ3) is 3.65. The molecule has 1 amide bonds. The average molecular weight is 343 g/mol. The molecule has 4 nitrogen and oxygen atoms in total. The molecule has 0 aliphatic carbocycles. The summed E-state index contributed by atoms with van der Waals surface area (Å²) in [6.45, 7) is 7.36. The second kappa shape index (κ2) is 7.30. The summed E-state index contributed by atoms with van der Waals surface area (Å²) in [6.07, 6.45) is 2.25. The fourth-order valence-electron chi connectivity index (χ4n) is 3.31. The molecule has 0 radical (unpaired) electrons. The van der Waals surface area contributed by atoms with E-state index < -0.39 is 0 Å². The van der Waals surface area contributed by atoms with Crippen molar-refractivity contribution < 1.29 is 9.53 Å². The molecule has 1 aromatic heterocycles. The summed E-state index contributed by atoms with van der Waals surface area (Å²) in [4.78, 5) is 18.2. The maximum atomic E-state index is 12.6. The number of hydrogen-bond acceptors (Lipinski definition) is 4. The van der Waals surface area contributed by atoms with Gasteiger partial charge in [0, 0.05) is 50.3 Å². The molecule has 6 heteroatoms. The lowest BCUT2D eigenvalue weighted by Gasteiger charge is -2.41. The van der Waals surface area contributed by atoms with Crippen LogP contribution in [0.15, 0.2) is 12.1 Å². The van der Waals surface area contributed by atoms with E-state index in [2.05, 4.69) is 4.90 Å². The second-order valence-corrected chi connectivity index (χ2v) is 7.82. The highest BCUT2D eigenvalue weighted by Gasteiger charge is 2.29. The van der Waals surface area contributed by atoms with Gasteiger partial charge >= 0.3 is 0 Å². The third-order valence-corrected chi connectivity index (χ3v) is 6.14. The predicted molar refractivity (Wildman–Crippen MR) is 89.7 cm³/mol. The monoisotopic (exact) mass is 342 g/mol. The van der Waals surface area contributed by atoms with Gasteiger partial charge in [-0.3, -0.25) is 9.69 Å². The largest absolute Gasteiger partial charge is 0.381 e. The van der Waals surface area contributed by atoms with E-state index in [1.807, 2.05) is 24.0 Å². The van der Waals surface area contributed by atoms with Gasteiger partial charge in [0.2, 0.25) is 5.91 Å². The minimum absolute atomic E-state index is 0.0906. The molecule has 2 fully saturated rings. The zero-order valence-electron chi connectivity index (χ0n) is 13.0. The van der Waals surface area contributed by atoms with E-state index in [4.69, 9.17) is 16.3 Å². The standard InChI is InChI=1S/C16H23ClN2O2S/c1-12(14-2-3-15(17)22-14)16(20)19-8-6-18(7-9-19)13-4-10-21-11-5-13/h2-3,12-13H,4-11H2,1H3/t12-/m1/s1. The smallest absolute Gasteiger partial charge is 0.230 e. The molecule has 0 bridgehead atoms. The van der Waals surface area contributed by atoms with Crippen molar-refractivity contribution in [1.29, 1.82) is 0 Å². The number of carbonyl (C=O) groups is 1. The molecule has 22 heavy (non-hydrogen) atoms. The highest BCUT2D eigenvalue weighted by Crippen LogP contribution is 2.29. The number of hydrogen-bond donors (Lipinski definition) is 0. The molecule has 122 valence electrons. The Bertz CT molecular complexity index is 508. The van der Waals surface area contributed by atoms with Gasteiger partial charge in [-0.05, 0) is 31.9 Å². The van der Waals surface area contributed by atoms with E-state index in [1.54, 1.807) is 0 Å². The van der Waals surface area contributed by atoms with Crippen molar-refractivity contribution in [3.05, 3.63) is 21.3 Å². The molecule has 2 saturated heterocycles. The summed E-state index contributed by atoms with van der Waals surface area (Å²) >= 11 is 7.48. The van der Waals surface area contributed by atoms with Crippen LogP contribution in [0.4, 0.5) is 0 Å². The number of ether oxygens (including phenoxy) is 1. The Morgan fingerprint density at radius 1 is 1.27 bits per heavy atom. The first kappa shape index (κ1) is 16.2. The molecule has 0 unspecified atom stereocenters. The summed E-state index contributed by atoms with van der Waals surface area (Å²) in [6, 6.07) is 4.47. The zero-order chi connectivity index (χ0) is 15.5. The molecule has 0 spiro atoms. The molecule has 0 saturated carbocycles. The second-order valence-electron chi connectivity index (χ2n) is 6.07. The first-order chi connectivity index (χ1) is 10.6. The number of thiophene rings is 1. The molecule has 0 aromatic carbocycles. The quantitative estimate of drug-likeness (QED) is 0.846. The van der Waals surface area contributed by atoms with Gasteiger partial charge in [0.15, 0.2) is 0 Å². The van der Waals surface area contributed by atoms with Crippen LogP contribution < -0.4 is 0 Å². The van der Waals surface area contributed by atoms with E-state index in [9.17, 15) is 4.79 Å². The number of amides is 1. The lowest BCUT2D eigenvalue weighted by Crippen LogP contribution is -2.53. The summed E-state index contributed by atoms with van der Waals surface area (Å²) in [5, 5.41) is 0. The van der Waals surface area contributed by atoms with Gasteiger partial charge in [-0.2, -0.15) is 0 Å². The molecular weight excluding hydrogens is 320 g/mol. The van der Waals surface area contributed by atoms with Crippen molar-refractivity contribution in [3.8, 4) is 0 Å². The molecule has 1 aromatic rings. The van der Waals surface area contributed by atoms with E-state index in [-0.39, 0.29) is 11.8 Å². The maximum absolute atomic E-state index is 12.6. The molecular formula is C16H23ClN2O2S. The van der Waals surface area contributed by atoms with Gasteiger partial charge in [0.05, 0.1) is 10.3 Å². The van der Waals surface area contributed by atoms with Crippen LogP contribution in [0.2, 0.25) is 4.34 Å². The van der Waals surface area contributed by atoms with E-state index in [0.717, 1.165) is 61.4 Å².